The van der Waals surface area contributed by atoms with E-state index in [1.807, 2.05) is 12.3 Å². The van der Waals surface area contributed by atoms with Crippen molar-refractivity contribution < 1.29 is 4.79 Å². The Labute approximate surface area is 127 Å². The van der Waals surface area contributed by atoms with Gasteiger partial charge in [0, 0.05) is 30.8 Å². The highest BCUT2D eigenvalue weighted by Crippen LogP contribution is 2.16. The molecule has 0 saturated carbocycles. The maximum Gasteiger partial charge on any atom is 0.226 e. The Kier molecular flexibility index (Phi) is 4.01. The normalized spacial score (nSPS) is 17.5. The first-order chi connectivity index (χ1) is 10.2. The summed E-state index contributed by atoms with van der Waals surface area (Å²) in [6, 6.07) is 0.158. The third-order valence-electron chi connectivity index (χ3n) is 3.71. The van der Waals surface area contributed by atoms with Crippen LogP contribution >= 0.6 is 11.3 Å². The lowest BCUT2D eigenvalue weighted by atomic mass is 10.1. The maximum atomic E-state index is 12.1. The first kappa shape index (κ1) is 14.2. The lowest BCUT2D eigenvalue weighted by molar-refractivity contribution is -0.121. The van der Waals surface area contributed by atoms with Crippen molar-refractivity contribution in [3.63, 3.8) is 0 Å². The van der Waals surface area contributed by atoms with E-state index in [0.29, 0.717) is 6.42 Å². The van der Waals surface area contributed by atoms with Gasteiger partial charge >= 0.3 is 0 Å². The smallest absolute Gasteiger partial charge is 0.226 e. The molecule has 0 aliphatic carbocycles. The van der Waals surface area contributed by atoms with Gasteiger partial charge in [-0.1, -0.05) is 6.92 Å². The molecule has 0 aromatic carbocycles. The monoisotopic (exact) mass is 305 g/mol. The van der Waals surface area contributed by atoms with Gasteiger partial charge < -0.3 is 9.88 Å². The summed E-state index contributed by atoms with van der Waals surface area (Å²) in [6.45, 7) is 4.80. The second-order valence-electron chi connectivity index (χ2n) is 5.33. The van der Waals surface area contributed by atoms with Crippen LogP contribution in [0, 0.1) is 6.92 Å². The molecule has 1 aliphatic rings. The average molecular weight is 305 g/mol. The summed E-state index contributed by atoms with van der Waals surface area (Å²) < 4.78 is 2.14. The number of aromatic nitrogens is 4. The van der Waals surface area contributed by atoms with Gasteiger partial charge in [-0.2, -0.15) is 0 Å². The van der Waals surface area contributed by atoms with Gasteiger partial charge in [0.05, 0.1) is 17.1 Å². The molecule has 2 aromatic heterocycles. The molecule has 6 nitrogen and oxygen atoms in total. The summed E-state index contributed by atoms with van der Waals surface area (Å²) in [4.78, 5) is 16.4. The van der Waals surface area contributed by atoms with Crippen molar-refractivity contribution in [1.29, 1.82) is 0 Å². The highest BCUT2D eigenvalue weighted by Gasteiger charge is 2.23. The number of hydrogen-bond acceptors (Lipinski definition) is 5. The van der Waals surface area contributed by atoms with E-state index in [2.05, 4.69) is 32.0 Å². The Bertz CT molecular complexity index is 634. The Balaban J connectivity index is 1.60. The molecular formula is C14H19N5OS. The lowest BCUT2D eigenvalue weighted by Crippen LogP contribution is -2.42. The van der Waals surface area contributed by atoms with Crippen molar-refractivity contribution in [3.05, 3.63) is 27.7 Å². The van der Waals surface area contributed by atoms with Crippen LogP contribution in [0.3, 0.4) is 0 Å². The van der Waals surface area contributed by atoms with Crippen molar-refractivity contribution in [2.24, 2.45) is 0 Å². The quantitative estimate of drug-likeness (QED) is 0.923. The Morgan fingerprint density at radius 3 is 3.10 bits per heavy atom. The summed E-state index contributed by atoms with van der Waals surface area (Å²) in [7, 11) is 0. The zero-order valence-electron chi connectivity index (χ0n) is 12.3. The number of nitrogens with one attached hydrogen (secondary N) is 1. The van der Waals surface area contributed by atoms with Crippen molar-refractivity contribution >= 4 is 17.2 Å². The van der Waals surface area contributed by atoms with Gasteiger partial charge in [-0.25, -0.2) is 4.98 Å². The molecule has 1 N–H and O–H groups in total. The zero-order chi connectivity index (χ0) is 14.8. The third kappa shape index (κ3) is 3.12. The summed E-state index contributed by atoms with van der Waals surface area (Å²) in [5.41, 5.74) is 0.852. The molecule has 0 bridgehead atoms. The summed E-state index contributed by atoms with van der Waals surface area (Å²) in [5.74, 6) is 2.08. The van der Waals surface area contributed by atoms with Crippen LogP contribution in [0.1, 0.15) is 35.7 Å². The minimum Gasteiger partial charge on any atom is -0.351 e. The zero-order valence-corrected chi connectivity index (χ0v) is 13.1. The number of aryl methyl sites for hydroxylation is 3. The highest BCUT2D eigenvalue weighted by molar-refractivity contribution is 7.09. The van der Waals surface area contributed by atoms with Gasteiger partial charge in [0.1, 0.15) is 11.6 Å². The topological polar surface area (TPSA) is 72.7 Å². The molecule has 0 fully saturated rings. The molecule has 112 valence electrons. The van der Waals surface area contributed by atoms with E-state index in [-0.39, 0.29) is 11.9 Å². The highest BCUT2D eigenvalue weighted by atomic mass is 32.1. The summed E-state index contributed by atoms with van der Waals surface area (Å²) in [6.07, 6.45) is 3.01. The van der Waals surface area contributed by atoms with Gasteiger partial charge in [-0.3, -0.25) is 4.79 Å². The average Bonchev–Trinajstić information content (AvgIpc) is 3.04. The van der Waals surface area contributed by atoms with E-state index in [1.165, 1.54) is 0 Å². The first-order valence-electron chi connectivity index (χ1n) is 7.27. The van der Waals surface area contributed by atoms with Gasteiger partial charge in [0.25, 0.3) is 0 Å². The molecular weight excluding hydrogens is 286 g/mol. The van der Waals surface area contributed by atoms with Crippen molar-refractivity contribution in [1.82, 2.24) is 25.1 Å². The van der Waals surface area contributed by atoms with Crippen LogP contribution in [0.15, 0.2) is 5.38 Å². The summed E-state index contributed by atoms with van der Waals surface area (Å²) in [5, 5.41) is 14.4. The predicted octanol–water partition coefficient (Wildman–Crippen LogP) is 1.28. The van der Waals surface area contributed by atoms with Crippen molar-refractivity contribution in [2.75, 3.05) is 0 Å². The van der Waals surface area contributed by atoms with Crippen LogP contribution in [0.5, 0.6) is 0 Å². The fourth-order valence-corrected chi connectivity index (χ4v) is 3.31. The third-order valence-corrected chi connectivity index (χ3v) is 4.54. The molecule has 0 spiro atoms. The minimum atomic E-state index is 0.0415. The van der Waals surface area contributed by atoms with E-state index in [1.54, 1.807) is 11.3 Å². The minimum absolute atomic E-state index is 0.0415. The fourth-order valence-electron chi connectivity index (χ4n) is 2.70. The number of rotatable bonds is 4. The van der Waals surface area contributed by atoms with Gasteiger partial charge in [0.15, 0.2) is 0 Å². The SMILES string of the molecule is CCc1nnc2n1CC(NC(=O)Cc1csc(C)n1)CC2. The number of carbonyl (C=O) groups excluding carboxylic acids is 1. The molecule has 3 rings (SSSR count). The number of hydrogen-bond donors (Lipinski definition) is 1. The van der Waals surface area contributed by atoms with Crippen LogP contribution in [0.25, 0.3) is 0 Å². The van der Waals surface area contributed by atoms with E-state index < -0.39 is 0 Å². The Morgan fingerprint density at radius 1 is 1.52 bits per heavy atom. The van der Waals surface area contributed by atoms with Gasteiger partial charge in [-0.15, -0.1) is 21.5 Å². The van der Waals surface area contributed by atoms with Crippen LogP contribution in [-0.4, -0.2) is 31.7 Å². The predicted molar refractivity (Wildman–Crippen MR) is 80.2 cm³/mol. The maximum absolute atomic E-state index is 12.1. The fraction of sp³-hybridized carbons (Fsp3) is 0.571. The Hall–Kier alpha value is -1.76. The van der Waals surface area contributed by atoms with E-state index in [4.69, 9.17) is 0 Å². The number of thiazole rings is 1. The number of nitrogens with zero attached hydrogens (tertiary/aromatic N) is 4. The first-order valence-corrected chi connectivity index (χ1v) is 8.15. The molecule has 0 radical (unpaired) electrons. The molecule has 1 amide bonds. The standard InChI is InChI=1S/C14H19N5OS/c1-3-12-17-18-13-5-4-10(7-19(12)13)16-14(20)6-11-8-21-9(2)15-11/h8,10H,3-7H2,1-2H3,(H,16,20). The van der Waals surface area contributed by atoms with Crippen molar-refractivity contribution in [3.8, 4) is 0 Å². The molecule has 1 atom stereocenters. The number of amides is 1. The molecule has 1 aliphatic heterocycles. The van der Waals surface area contributed by atoms with Crippen molar-refractivity contribution in [2.45, 2.75) is 52.1 Å². The number of fused-ring (bicyclic) bond motifs is 1. The van der Waals surface area contributed by atoms with E-state index in [9.17, 15) is 4.79 Å². The summed E-state index contributed by atoms with van der Waals surface area (Å²) >= 11 is 1.58. The second kappa shape index (κ2) is 5.93. The van der Waals surface area contributed by atoms with Gasteiger partial charge in [0.2, 0.25) is 5.91 Å². The molecule has 2 aromatic rings. The second-order valence-corrected chi connectivity index (χ2v) is 6.40. The van der Waals surface area contributed by atoms with Gasteiger partial charge in [-0.05, 0) is 13.3 Å². The van der Waals surface area contributed by atoms with Crippen LogP contribution in [0.4, 0.5) is 0 Å². The molecule has 21 heavy (non-hydrogen) atoms. The molecule has 0 saturated heterocycles. The number of carbonyl (C=O) groups is 1. The van der Waals surface area contributed by atoms with Crippen LogP contribution in [0.2, 0.25) is 0 Å². The largest absolute Gasteiger partial charge is 0.351 e. The molecule has 7 heteroatoms. The van der Waals surface area contributed by atoms with Crippen LogP contribution in [-0.2, 0) is 30.6 Å². The van der Waals surface area contributed by atoms with Crippen LogP contribution < -0.4 is 5.32 Å². The lowest BCUT2D eigenvalue weighted by Gasteiger charge is -2.25. The molecule has 3 heterocycles. The molecule has 1 unspecified atom stereocenters. The Morgan fingerprint density at radius 2 is 2.38 bits per heavy atom. The van der Waals surface area contributed by atoms with E-state index >= 15 is 0 Å². The van der Waals surface area contributed by atoms with E-state index in [0.717, 1.165) is 48.2 Å².